The van der Waals surface area contributed by atoms with Crippen LogP contribution in [0.2, 0.25) is 0 Å². The summed E-state index contributed by atoms with van der Waals surface area (Å²) in [5.41, 5.74) is 0.467. The Kier molecular flexibility index (Phi) is 3.39. The van der Waals surface area contributed by atoms with E-state index in [2.05, 4.69) is 10.1 Å². The molecule has 1 aromatic carbocycles. The molecule has 0 aliphatic rings. The molecule has 0 aliphatic heterocycles. The molecule has 6 heteroatoms. The maximum absolute atomic E-state index is 10.1. The lowest BCUT2D eigenvalue weighted by Gasteiger charge is -2.04. The van der Waals surface area contributed by atoms with Crippen LogP contribution in [0.5, 0.6) is 11.5 Å². The highest BCUT2D eigenvalue weighted by Gasteiger charge is 2.16. The van der Waals surface area contributed by atoms with Crippen molar-refractivity contribution in [2.24, 2.45) is 0 Å². The minimum atomic E-state index is 0.00123. The smallest absolute Gasteiger partial charge is 0.261 e. The third kappa shape index (κ3) is 2.37. The number of methoxy groups -OCH3 is 1. The van der Waals surface area contributed by atoms with Gasteiger partial charge in [-0.1, -0.05) is 17.3 Å². The zero-order valence-corrected chi connectivity index (χ0v) is 11.6. The first-order chi connectivity index (χ1) is 9.78. The van der Waals surface area contributed by atoms with Crippen LogP contribution in [-0.4, -0.2) is 22.4 Å². The highest BCUT2D eigenvalue weighted by Crippen LogP contribution is 2.35. The Labute approximate surface area is 119 Å². The number of thiophene rings is 1. The van der Waals surface area contributed by atoms with Crippen molar-refractivity contribution in [2.75, 3.05) is 7.11 Å². The lowest BCUT2D eigenvalue weighted by Crippen LogP contribution is -1.88. The first kappa shape index (κ1) is 12.7. The fourth-order valence-electron chi connectivity index (χ4n) is 1.86. The van der Waals surface area contributed by atoms with Crippen molar-refractivity contribution in [1.29, 1.82) is 0 Å². The van der Waals surface area contributed by atoms with Crippen LogP contribution in [-0.2, 0) is 6.42 Å². The second-order valence-electron chi connectivity index (χ2n) is 4.13. The van der Waals surface area contributed by atoms with E-state index in [1.54, 1.807) is 29.5 Å². The maximum Gasteiger partial charge on any atom is 0.261 e. The predicted octanol–water partition coefficient (Wildman–Crippen LogP) is 3.10. The number of para-hydroxylation sites is 1. The average molecular weight is 288 g/mol. The van der Waals surface area contributed by atoms with E-state index >= 15 is 0 Å². The quantitative estimate of drug-likeness (QED) is 0.799. The highest BCUT2D eigenvalue weighted by molar-refractivity contribution is 7.09. The van der Waals surface area contributed by atoms with E-state index < -0.39 is 0 Å². The number of hydrogen-bond donors (Lipinski definition) is 1. The monoisotopic (exact) mass is 288 g/mol. The second-order valence-corrected chi connectivity index (χ2v) is 5.16. The van der Waals surface area contributed by atoms with Gasteiger partial charge in [0.25, 0.3) is 5.89 Å². The van der Waals surface area contributed by atoms with Crippen molar-refractivity contribution >= 4 is 11.3 Å². The van der Waals surface area contributed by atoms with Crippen LogP contribution in [0.1, 0.15) is 10.7 Å². The number of nitrogens with zero attached hydrogens (tertiary/aromatic N) is 2. The van der Waals surface area contributed by atoms with Gasteiger partial charge in [-0.2, -0.15) is 4.98 Å². The summed E-state index contributed by atoms with van der Waals surface area (Å²) in [6, 6.07) is 9.14. The summed E-state index contributed by atoms with van der Waals surface area (Å²) < 4.78 is 10.3. The molecule has 102 valence electrons. The number of phenolic OH excluding ortho intramolecular Hbond substituents is 1. The van der Waals surface area contributed by atoms with Gasteiger partial charge in [0.15, 0.2) is 17.3 Å². The molecule has 0 radical (unpaired) electrons. The summed E-state index contributed by atoms with van der Waals surface area (Å²) >= 11 is 1.64. The molecule has 3 aromatic rings. The molecule has 2 heterocycles. The largest absolute Gasteiger partial charge is 0.504 e. The zero-order chi connectivity index (χ0) is 13.9. The minimum Gasteiger partial charge on any atom is -0.504 e. The van der Waals surface area contributed by atoms with Gasteiger partial charge in [0, 0.05) is 11.3 Å². The van der Waals surface area contributed by atoms with Gasteiger partial charge in [0.1, 0.15) is 0 Å². The molecule has 0 bridgehead atoms. The number of aromatic hydroxyl groups is 1. The Bertz CT molecular complexity index is 707. The Morgan fingerprint density at radius 3 is 2.95 bits per heavy atom. The van der Waals surface area contributed by atoms with Crippen molar-refractivity contribution in [3.05, 3.63) is 46.4 Å². The molecule has 2 aromatic heterocycles. The molecule has 0 fully saturated rings. The molecule has 1 N–H and O–H groups in total. The standard InChI is InChI=1S/C14H12N2O3S/c1-18-11-6-2-5-10(13(11)17)14-15-12(16-19-14)8-9-4-3-7-20-9/h2-7,17H,8H2,1H3. The van der Waals surface area contributed by atoms with Crippen LogP contribution in [0.25, 0.3) is 11.5 Å². The molecule has 0 spiro atoms. The Hall–Kier alpha value is -2.34. The predicted molar refractivity (Wildman–Crippen MR) is 75.1 cm³/mol. The van der Waals surface area contributed by atoms with Gasteiger partial charge >= 0.3 is 0 Å². The van der Waals surface area contributed by atoms with Gasteiger partial charge in [-0.05, 0) is 23.6 Å². The van der Waals surface area contributed by atoms with Crippen LogP contribution in [0, 0.1) is 0 Å². The van der Waals surface area contributed by atoms with E-state index in [1.807, 2.05) is 17.5 Å². The van der Waals surface area contributed by atoms with Crippen LogP contribution in [0.4, 0.5) is 0 Å². The molecule has 0 saturated carbocycles. The summed E-state index contributed by atoms with van der Waals surface area (Å²) in [7, 11) is 1.49. The van der Waals surface area contributed by atoms with E-state index in [-0.39, 0.29) is 11.6 Å². The SMILES string of the molecule is COc1cccc(-c2nc(Cc3cccs3)no2)c1O. The van der Waals surface area contributed by atoms with E-state index in [0.717, 1.165) is 4.88 Å². The molecule has 20 heavy (non-hydrogen) atoms. The van der Waals surface area contributed by atoms with E-state index in [1.165, 1.54) is 7.11 Å². The van der Waals surface area contributed by atoms with Crippen molar-refractivity contribution in [2.45, 2.75) is 6.42 Å². The van der Waals surface area contributed by atoms with Gasteiger partial charge < -0.3 is 14.4 Å². The topological polar surface area (TPSA) is 68.4 Å². The van der Waals surface area contributed by atoms with Gasteiger partial charge in [0.05, 0.1) is 12.7 Å². The van der Waals surface area contributed by atoms with Crippen LogP contribution < -0.4 is 4.74 Å². The molecule has 0 unspecified atom stereocenters. The van der Waals surface area contributed by atoms with E-state index in [9.17, 15) is 5.11 Å². The lowest BCUT2D eigenvalue weighted by atomic mass is 10.2. The normalized spacial score (nSPS) is 10.7. The summed E-state index contributed by atoms with van der Waals surface area (Å²) in [6.07, 6.45) is 0.617. The molecule has 3 rings (SSSR count). The number of rotatable bonds is 4. The van der Waals surface area contributed by atoms with Crippen molar-refractivity contribution in [1.82, 2.24) is 10.1 Å². The van der Waals surface area contributed by atoms with Gasteiger partial charge in [-0.3, -0.25) is 0 Å². The fraction of sp³-hybridized carbons (Fsp3) is 0.143. The Balaban J connectivity index is 1.90. The van der Waals surface area contributed by atoms with Crippen molar-refractivity contribution in [3.63, 3.8) is 0 Å². The number of aromatic nitrogens is 2. The van der Waals surface area contributed by atoms with Crippen molar-refractivity contribution < 1.29 is 14.4 Å². The molecule has 0 atom stereocenters. The van der Waals surface area contributed by atoms with E-state index in [0.29, 0.717) is 23.6 Å². The maximum atomic E-state index is 10.1. The summed E-state index contributed by atoms with van der Waals surface area (Å²) in [5.74, 6) is 1.25. The highest BCUT2D eigenvalue weighted by atomic mass is 32.1. The van der Waals surface area contributed by atoms with E-state index in [4.69, 9.17) is 9.26 Å². The molecule has 0 saturated heterocycles. The number of ether oxygens (including phenoxy) is 1. The second kappa shape index (κ2) is 5.34. The first-order valence-electron chi connectivity index (χ1n) is 5.99. The number of phenols is 1. The molecule has 0 aliphatic carbocycles. The van der Waals surface area contributed by atoms with Gasteiger partial charge in [-0.25, -0.2) is 0 Å². The third-order valence-electron chi connectivity index (χ3n) is 2.83. The Morgan fingerprint density at radius 1 is 1.30 bits per heavy atom. The summed E-state index contributed by atoms with van der Waals surface area (Å²) in [4.78, 5) is 5.46. The molecule has 0 amide bonds. The Morgan fingerprint density at radius 2 is 2.20 bits per heavy atom. The molecule has 5 nitrogen and oxygen atoms in total. The first-order valence-corrected chi connectivity index (χ1v) is 6.87. The van der Waals surface area contributed by atoms with Crippen LogP contribution in [0.15, 0.2) is 40.2 Å². The molecular weight excluding hydrogens is 276 g/mol. The number of hydrogen-bond acceptors (Lipinski definition) is 6. The van der Waals surface area contributed by atoms with Gasteiger partial charge in [0.2, 0.25) is 0 Å². The minimum absolute atomic E-state index is 0.00123. The molecular formula is C14H12N2O3S. The van der Waals surface area contributed by atoms with Gasteiger partial charge in [-0.15, -0.1) is 11.3 Å². The third-order valence-corrected chi connectivity index (χ3v) is 3.71. The van der Waals surface area contributed by atoms with Crippen molar-refractivity contribution in [3.8, 4) is 23.0 Å². The summed E-state index contributed by atoms with van der Waals surface area (Å²) in [5, 5.41) is 16.0. The summed E-state index contributed by atoms with van der Waals surface area (Å²) in [6.45, 7) is 0. The fourth-order valence-corrected chi connectivity index (χ4v) is 2.57. The van der Waals surface area contributed by atoms with Crippen LogP contribution in [0.3, 0.4) is 0 Å². The average Bonchev–Trinajstić information content (AvgIpc) is 3.11. The zero-order valence-electron chi connectivity index (χ0n) is 10.7. The number of benzene rings is 1. The lowest BCUT2D eigenvalue weighted by molar-refractivity contribution is 0.371. The van der Waals surface area contributed by atoms with Crippen LogP contribution >= 0.6 is 11.3 Å².